The summed E-state index contributed by atoms with van der Waals surface area (Å²) in [4.78, 5) is 0. The van der Waals surface area contributed by atoms with Crippen molar-refractivity contribution in [2.45, 2.75) is 58.9 Å². The molecule has 2 nitrogen and oxygen atoms in total. The van der Waals surface area contributed by atoms with Crippen LogP contribution in [0.3, 0.4) is 0 Å². The maximum absolute atomic E-state index is 5.42. The Balaban J connectivity index is 2.19. The van der Waals surface area contributed by atoms with E-state index in [2.05, 4.69) is 51.2 Å². The maximum atomic E-state index is 5.42. The molecule has 0 spiro atoms. The topological polar surface area (TPSA) is 21.3 Å². The van der Waals surface area contributed by atoms with Gasteiger partial charge in [-0.1, -0.05) is 39.8 Å². The minimum absolute atomic E-state index is 0.447. The highest BCUT2D eigenvalue weighted by molar-refractivity contribution is 5.31. The average molecular weight is 289 g/mol. The van der Waals surface area contributed by atoms with Crippen LogP contribution in [0.2, 0.25) is 0 Å². The summed E-state index contributed by atoms with van der Waals surface area (Å²) in [5.41, 5.74) is 1.89. The molecule has 1 aromatic rings. The fourth-order valence-electron chi connectivity index (χ4n) is 3.53. The molecule has 2 heteroatoms. The molecule has 1 saturated carbocycles. The molecule has 0 amide bonds. The summed E-state index contributed by atoms with van der Waals surface area (Å²) < 4.78 is 5.42. The number of methoxy groups -OCH3 is 1. The molecule has 0 radical (unpaired) electrons. The van der Waals surface area contributed by atoms with E-state index in [9.17, 15) is 0 Å². The minimum atomic E-state index is 0.447. The van der Waals surface area contributed by atoms with E-state index in [1.807, 2.05) is 6.07 Å². The minimum Gasteiger partial charge on any atom is -0.497 e. The molecule has 1 aliphatic carbocycles. The van der Waals surface area contributed by atoms with Gasteiger partial charge in [-0.15, -0.1) is 0 Å². The van der Waals surface area contributed by atoms with Crippen molar-refractivity contribution in [2.75, 3.05) is 13.7 Å². The summed E-state index contributed by atoms with van der Waals surface area (Å²) in [5, 5.41) is 3.64. The van der Waals surface area contributed by atoms with E-state index in [4.69, 9.17) is 4.74 Å². The quantitative estimate of drug-likeness (QED) is 0.855. The second kappa shape index (κ2) is 6.83. The molecule has 0 saturated heterocycles. The van der Waals surface area contributed by atoms with Gasteiger partial charge < -0.3 is 10.1 Å². The SMILES string of the molecule is COc1cccc(C2CC(C)(C)CCC2CNC(C)C)c1. The van der Waals surface area contributed by atoms with Gasteiger partial charge in [0.2, 0.25) is 0 Å². The molecule has 1 N–H and O–H groups in total. The second-order valence-corrected chi connectivity index (χ2v) is 7.61. The van der Waals surface area contributed by atoms with Crippen LogP contribution in [0.1, 0.15) is 58.4 Å². The number of hydrogen-bond donors (Lipinski definition) is 1. The first-order valence-electron chi connectivity index (χ1n) is 8.28. The van der Waals surface area contributed by atoms with Gasteiger partial charge in [0.15, 0.2) is 0 Å². The van der Waals surface area contributed by atoms with Crippen LogP contribution >= 0.6 is 0 Å². The summed E-state index contributed by atoms with van der Waals surface area (Å²) in [6, 6.07) is 9.23. The highest BCUT2D eigenvalue weighted by Gasteiger charge is 2.35. The number of hydrogen-bond acceptors (Lipinski definition) is 2. The Morgan fingerprint density at radius 1 is 1.33 bits per heavy atom. The molecule has 2 unspecified atom stereocenters. The van der Waals surface area contributed by atoms with Crippen molar-refractivity contribution >= 4 is 0 Å². The molecule has 1 fully saturated rings. The van der Waals surface area contributed by atoms with E-state index >= 15 is 0 Å². The van der Waals surface area contributed by atoms with Crippen LogP contribution in [0.4, 0.5) is 0 Å². The van der Waals surface area contributed by atoms with Gasteiger partial charge in [0, 0.05) is 6.04 Å². The Hall–Kier alpha value is -1.02. The largest absolute Gasteiger partial charge is 0.497 e. The van der Waals surface area contributed by atoms with Gasteiger partial charge in [-0.25, -0.2) is 0 Å². The Morgan fingerprint density at radius 2 is 2.10 bits per heavy atom. The highest BCUT2D eigenvalue weighted by Crippen LogP contribution is 2.46. The first-order valence-corrected chi connectivity index (χ1v) is 8.28. The zero-order chi connectivity index (χ0) is 15.5. The van der Waals surface area contributed by atoms with Crippen molar-refractivity contribution in [1.29, 1.82) is 0 Å². The van der Waals surface area contributed by atoms with Crippen LogP contribution in [0.25, 0.3) is 0 Å². The van der Waals surface area contributed by atoms with E-state index in [1.165, 1.54) is 24.8 Å². The van der Waals surface area contributed by atoms with Crippen molar-refractivity contribution < 1.29 is 4.74 Å². The first-order chi connectivity index (χ1) is 9.91. The fourth-order valence-corrected chi connectivity index (χ4v) is 3.53. The average Bonchev–Trinajstić information content (AvgIpc) is 2.45. The molecule has 0 aliphatic heterocycles. The van der Waals surface area contributed by atoms with E-state index in [1.54, 1.807) is 7.11 Å². The zero-order valence-corrected chi connectivity index (χ0v) is 14.3. The van der Waals surface area contributed by atoms with E-state index in [0.717, 1.165) is 18.2 Å². The smallest absolute Gasteiger partial charge is 0.119 e. The lowest BCUT2D eigenvalue weighted by Crippen LogP contribution is -2.37. The third-order valence-corrected chi connectivity index (χ3v) is 4.84. The molecule has 1 aliphatic rings. The molecule has 2 rings (SSSR count). The summed E-state index contributed by atoms with van der Waals surface area (Å²) in [6.07, 6.45) is 3.91. The van der Waals surface area contributed by atoms with E-state index in [0.29, 0.717) is 17.4 Å². The second-order valence-electron chi connectivity index (χ2n) is 7.61. The molecule has 0 aromatic heterocycles. The van der Waals surface area contributed by atoms with Crippen molar-refractivity contribution in [1.82, 2.24) is 5.32 Å². The lowest BCUT2D eigenvalue weighted by molar-refractivity contribution is 0.158. The fraction of sp³-hybridized carbons (Fsp3) is 0.684. The standard InChI is InChI=1S/C19H31NO/c1-14(2)20-13-16-9-10-19(3,4)12-18(16)15-7-6-8-17(11-15)21-5/h6-8,11,14,16,18,20H,9-10,12-13H2,1-5H3. The number of ether oxygens (including phenoxy) is 1. The van der Waals surface area contributed by atoms with E-state index in [-0.39, 0.29) is 0 Å². The molecule has 2 atom stereocenters. The highest BCUT2D eigenvalue weighted by atomic mass is 16.5. The van der Waals surface area contributed by atoms with Gasteiger partial charge in [0.1, 0.15) is 5.75 Å². The first kappa shape index (κ1) is 16.4. The molecular weight excluding hydrogens is 258 g/mol. The van der Waals surface area contributed by atoms with Crippen molar-refractivity contribution in [3.63, 3.8) is 0 Å². The van der Waals surface area contributed by atoms with Crippen LogP contribution in [-0.2, 0) is 0 Å². The van der Waals surface area contributed by atoms with Crippen molar-refractivity contribution in [3.05, 3.63) is 29.8 Å². The summed E-state index contributed by atoms with van der Waals surface area (Å²) in [6.45, 7) is 10.4. The third kappa shape index (κ3) is 4.47. The van der Waals surface area contributed by atoms with Crippen LogP contribution < -0.4 is 10.1 Å². The molecular formula is C19H31NO. The van der Waals surface area contributed by atoms with Crippen molar-refractivity contribution in [3.8, 4) is 5.75 Å². The summed E-state index contributed by atoms with van der Waals surface area (Å²) >= 11 is 0. The summed E-state index contributed by atoms with van der Waals surface area (Å²) in [7, 11) is 1.75. The van der Waals surface area contributed by atoms with Gasteiger partial charge >= 0.3 is 0 Å². The maximum Gasteiger partial charge on any atom is 0.119 e. The van der Waals surface area contributed by atoms with Crippen LogP contribution in [0.5, 0.6) is 5.75 Å². The predicted molar refractivity (Wildman–Crippen MR) is 90.0 cm³/mol. The third-order valence-electron chi connectivity index (χ3n) is 4.84. The lowest BCUT2D eigenvalue weighted by atomic mass is 9.65. The Kier molecular flexibility index (Phi) is 5.32. The van der Waals surface area contributed by atoms with Crippen LogP contribution in [0.15, 0.2) is 24.3 Å². The Labute approximate surface area is 130 Å². The molecule has 118 valence electrons. The Morgan fingerprint density at radius 3 is 2.76 bits per heavy atom. The monoisotopic (exact) mass is 289 g/mol. The van der Waals surface area contributed by atoms with Crippen molar-refractivity contribution in [2.24, 2.45) is 11.3 Å². The Bertz CT molecular complexity index is 451. The van der Waals surface area contributed by atoms with E-state index < -0.39 is 0 Å². The van der Waals surface area contributed by atoms with Crippen LogP contribution in [-0.4, -0.2) is 19.7 Å². The zero-order valence-electron chi connectivity index (χ0n) is 14.3. The van der Waals surface area contributed by atoms with Gasteiger partial charge in [0.25, 0.3) is 0 Å². The molecule has 0 bridgehead atoms. The van der Waals surface area contributed by atoms with Gasteiger partial charge in [-0.05, 0) is 60.8 Å². The van der Waals surface area contributed by atoms with Gasteiger partial charge in [0.05, 0.1) is 7.11 Å². The predicted octanol–water partition coefficient (Wildman–Crippen LogP) is 4.60. The van der Waals surface area contributed by atoms with Gasteiger partial charge in [-0.3, -0.25) is 0 Å². The number of nitrogens with one attached hydrogen (secondary N) is 1. The lowest BCUT2D eigenvalue weighted by Gasteiger charge is -2.41. The molecule has 0 heterocycles. The molecule has 21 heavy (non-hydrogen) atoms. The van der Waals surface area contributed by atoms with Gasteiger partial charge in [-0.2, -0.15) is 0 Å². The number of benzene rings is 1. The molecule has 1 aromatic carbocycles. The number of rotatable bonds is 5. The normalized spacial score (nSPS) is 25.0. The summed E-state index contributed by atoms with van der Waals surface area (Å²) in [5.74, 6) is 2.34. The van der Waals surface area contributed by atoms with Crippen LogP contribution in [0, 0.1) is 11.3 Å².